The third-order valence-electron chi connectivity index (χ3n) is 4.28. The van der Waals surface area contributed by atoms with E-state index in [-0.39, 0.29) is 22.9 Å². The zero-order chi connectivity index (χ0) is 19.9. The molecule has 1 aromatic heterocycles. The quantitative estimate of drug-likeness (QED) is 0.580. The van der Waals surface area contributed by atoms with Gasteiger partial charge in [0.05, 0.1) is 17.5 Å². The van der Waals surface area contributed by atoms with Gasteiger partial charge in [0.2, 0.25) is 9.84 Å². The van der Waals surface area contributed by atoms with E-state index in [0.717, 1.165) is 12.0 Å². The highest BCUT2D eigenvalue weighted by Crippen LogP contribution is 2.18. The molecule has 0 saturated heterocycles. The maximum atomic E-state index is 12.7. The fourth-order valence-electron chi connectivity index (χ4n) is 2.80. The summed E-state index contributed by atoms with van der Waals surface area (Å²) in [7, 11) is -1.96. The van der Waals surface area contributed by atoms with Crippen molar-refractivity contribution in [3.63, 3.8) is 0 Å². The van der Waals surface area contributed by atoms with Gasteiger partial charge in [0, 0.05) is 7.11 Å². The first-order valence-electron chi connectivity index (χ1n) is 8.77. The van der Waals surface area contributed by atoms with Crippen molar-refractivity contribution in [2.24, 2.45) is 5.92 Å². The molecule has 0 aliphatic carbocycles. The number of nitrogens with zero attached hydrogens (tertiary/aromatic N) is 4. The molecule has 0 aliphatic heterocycles. The van der Waals surface area contributed by atoms with E-state index in [0.29, 0.717) is 12.1 Å². The molecule has 2 rings (SSSR count). The smallest absolute Gasteiger partial charge is 0.272 e. The Kier molecular flexibility index (Phi) is 7.44. The summed E-state index contributed by atoms with van der Waals surface area (Å²) in [6.45, 7) is 7.70. The van der Waals surface area contributed by atoms with Gasteiger partial charge in [-0.2, -0.15) is 4.68 Å². The third kappa shape index (κ3) is 5.58. The highest BCUT2D eigenvalue weighted by molar-refractivity contribution is 7.91. The number of benzene rings is 1. The predicted octanol–water partition coefficient (Wildman–Crippen LogP) is 3.00. The van der Waals surface area contributed by atoms with Crippen molar-refractivity contribution >= 4 is 9.84 Å². The Morgan fingerprint density at radius 2 is 2.04 bits per heavy atom. The molecule has 0 bridgehead atoms. The second-order valence-corrected chi connectivity index (χ2v) is 8.46. The molecule has 8 heteroatoms. The van der Waals surface area contributed by atoms with E-state index in [2.05, 4.69) is 22.1 Å². The van der Waals surface area contributed by atoms with Gasteiger partial charge >= 0.3 is 0 Å². The molecule has 7 nitrogen and oxygen atoms in total. The van der Waals surface area contributed by atoms with Crippen LogP contribution in [0.25, 0.3) is 5.69 Å². The van der Waals surface area contributed by atoms with Gasteiger partial charge in [0.1, 0.15) is 0 Å². The molecule has 0 N–H and O–H groups in total. The Hall–Kier alpha value is -2.32. The van der Waals surface area contributed by atoms with Crippen molar-refractivity contribution in [2.75, 3.05) is 12.9 Å². The van der Waals surface area contributed by atoms with E-state index < -0.39 is 9.84 Å². The molecular formula is C19H26N4O3S. The Labute approximate surface area is 160 Å². The fourth-order valence-corrected chi connectivity index (χ4v) is 4.23. The van der Waals surface area contributed by atoms with E-state index in [1.807, 2.05) is 32.1 Å². The summed E-state index contributed by atoms with van der Waals surface area (Å²) in [6.07, 6.45) is 5.01. The highest BCUT2D eigenvalue weighted by atomic mass is 32.2. The topological polar surface area (TPSA) is 87.0 Å². The van der Waals surface area contributed by atoms with Gasteiger partial charge in [-0.1, -0.05) is 42.4 Å². The van der Waals surface area contributed by atoms with Gasteiger partial charge in [-0.25, -0.2) is 8.42 Å². The lowest BCUT2D eigenvalue weighted by molar-refractivity contribution is 0.133. The van der Waals surface area contributed by atoms with Crippen LogP contribution in [0.5, 0.6) is 0 Å². The molecule has 2 aromatic rings. The molecule has 0 spiro atoms. The first-order chi connectivity index (χ1) is 12.9. The van der Waals surface area contributed by atoms with Crippen LogP contribution >= 0.6 is 0 Å². The van der Waals surface area contributed by atoms with Crippen LogP contribution in [0.1, 0.15) is 26.7 Å². The van der Waals surface area contributed by atoms with E-state index in [1.165, 1.54) is 4.68 Å². The standard InChI is InChI=1S/C19H26N4O3S/c1-5-9-18(26-4)16(3)14-15(2)12-13-27(24,25)19-20-21-22-23(19)17-10-7-6-8-11-17/h5-8,10-11,14-15,18H,1,9,12-13H2,2-4H3/b16-14+/t15-,18-/m0/s1. The van der Waals surface area contributed by atoms with E-state index in [1.54, 1.807) is 31.4 Å². The normalized spacial score (nSPS) is 14.7. The average Bonchev–Trinajstić information content (AvgIpc) is 3.16. The molecule has 27 heavy (non-hydrogen) atoms. The number of para-hydroxylation sites is 1. The Morgan fingerprint density at radius 3 is 2.67 bits per heavy atom. The van der Waals surface area contributed by atoms with Crippen LogP contribution in [0.15, 0.2) is 59.8 Å². The van der Waals surface area contributed by atoms with E-state index in [4.69, 9.17) is 4.74 Å². The predicted molar refractivity (Wildman–Crippen MR) is 104 cm³/mol. The maximum Gasteiger partial charge on any atom is 0.272 e. The van der Waals surface area contributed by atoms with Crippen LogP contribution in [0.4, 0.5) is 0 Å². The number of allylic oxidation sites excluding steroid dienone is 1. The summed E-state index contributed by atoms with van der Waals surface area (Å²) >= 11 is 0. The number of ether oxygens (including phenoxy) is 1. The molecule has 0 unspecified atom stereocenters. The maximum absolute atomic E-state index is 12.7. The minimum Gasteiger partial charge on any atom is -0.377 e. The largest absolute Gasteiger partial charge is 0.377 e. The van der Waals surface area contributed by atoms with Crippen molar-refractivity contribution in [2.45, 2.75) is 37.9 Å². The number of rotatable bonds is 10. The average molecular weight is 391 g/mol. The second kappa shape index (κ2) is 9.57. The second-order valence-electron chi connectivity index (χ2n) is 6.45. The zero-order valence-corrected chi connectivity index (χ0v) is 16.8. The Morgan fingerprint density at radius 1 is 1.33 bits per heavy atom. The highest BCUT2D eigenvalue weighted by Gasteiger charge is 2.24. The third-order valence-corrected chi connectivity index (χ3v) is 5.87. The van der Waals surface area contributed by atoms with E-state index >= 15 is 0 Å². The van der Waals surface area contributed by atoms with Crippen LogP contribution < -0.4 is 0 Å². The van der Waals surface area contributed by atoms with Crippen molar-refractivity contribution in [3.8, 4) is 5.69 Å². The number of methoxy groups -OCH3 is 1. The lowest BCUT2D eigenvalue weighted by Gasteiger charge is -2.16. The molecule has 1 aromatic carbocycles. The molecule has 146 valence electrons. The van der Waals surface area contributed by atoms with Crippen molar-refractivity contribution in [3.05, 3.63) is 54.6 Å². The summed E-state index contributed by atoms with van der Waals surface area (Å²) in [5.74, 6) is 0.0351. The first kappa shape index (κ1) is 21.0. The summed E-state index contributed by atoms with van der Waals surface area (Å²) in [6, 6.07) is 8.97. The molecule has 0 saturated carbocycles. The molecule has 2 atom stereocenters. The van der Waals surface area contributed by atoms with Crippen molar-refractivity contribution in [1.82, 2.24) is 20.2 Å². The Bertz CT molecular complexity index is 875. The van der Waals surface area contributed by atoms with Crippen molar-refractivity contribution in [1.29, 1.82) is 0 Å². The number of hydrogen-bond donors (Lipinski definition) is 0. The van der Waals surface area contributed by atoms with Crippen LogP contribution in [-0.4, -0.2) is 47.6 Å². The summed E-state index contributed by atoms with van der Waals surface area (Å²) < 4.78 is 32.2. The lowest BCUT2D eigenvalue weighted by Crippen LogP contribution is -2.16. The van der Waals surface area contributed by atoms with Gasteiger partial charge in [-0.05, 0) is 53.8 Å². The van der Waals surface area contributed by atoms with Crippen LogP contribution in [-0.2, 0) is 14.6 Å². The van der Waals surface area contributed by atoms with Gasteiger partial charge < -0.3 is 4.74 Å². The molecule has 0 radical (unpaired) electrons. The Balaban J connectivity index is 2.10. The molecule has 1 heterocycles. The summed E-state index contributed by atoms with van der Waals surface area (Å²) in [5, 5.41) is 11.0. The molecule has 0 fully saturated rings. The molecule has 0 aliphatic rings. The minimum absolute atomic E-state index is 0.0352. The zero-order valence-electron chi connectivity index (χ0n) is 15.9. The minimum atomic E-state index is -3.61. The first-order valence-corrected chi connectivity index (χ1v) is 10.4. The van der Waals surface area contributed by atoms with E-state index in [9.17, 15) is 8.42 Å². The lowest BCUT2D eigenvalue weighted by atomic mass is 10.0. The monoisotopic (exact) mass is 390 g/mol. The van der Waals surface area contributed by atoms with Crippen LogP contribution in [0.3, 0.4) is 0 Å². The van der Waals surface area contributed by atoms with Gasteiger partial charge in [0.25, 0.3) is 5.16 Å². The number of sulfone groups is 1. The SMILES string of the molecule is C=CC[C@H](OC)/C(C)=C/[C@@H](C)CCS(=O)(=O)c1nnnn1-c1ccccc1. The molecule has 0 amide bonds. The van der Waals surface area contributed by atoms with Gasteiger partial charge in [0.15, 0.2) is 0 Å². The summed E-state index contributed by atoms with van der Waals surface area (Å²) in [5.41, 5.74) is 1.67. The van der Waals surface area contributed by atoms with Crippen LogP contribution in [0.2, 0.25) is 0 Å². The fraction of sp³-hybridized carbons (Fsp3) is 0.421. The van der Waals surface area contributed by atoms with Gasteiger partial charge in [-0.15, -0.1) is 6.58 Å². The number of hydrogen-bond acceptors (Lipinski definition) is 6. The number of aromatic nitrogens is 4. The summed E-state index contributed by atoms with van der Waals surface area (Å²) in [4.78, 5) is 0. The number of tetrazole rings is 1. The van der Waals surface area contributed by atoms with Crippen LogP contribution in [0, 0.1) is 5.92 Å². The molecular weight excluding hydrogens is 364 g/mol. The van der Waals surface area contributed by atoms with Crippen molar-refractivity contribution < 1.29 is 13.2 Å². The van der Waals surface area contributed by atoms with Gasteiger partial charge in [-0.3, -0.25) is 0 Å².